The number of halogens is 2. The lowest BCUT2D eigenvalue weighted by Crippen LogP contribution is -2.13. The van der Waals surface area contributed by atoms with Gasteiger partial charge in [0.2, 0.25) is 0 Å². The minimum Gasteiger partial charge on any atom is -0.478 e. The van der Waals surface area contributed by atoms with E-state index < -0.39 is 35.0 Å². The molecule has 0 saturated heterocycles. The molecule has 0 aliphatic rings. The van der Waals surface area contributed by atoms with E-state index in [9.17, 15) is 18.4 Å². The Hall–Kier alpha value is -2.44. The summed E-state index contributed by atoms with van der Waals surface area (Å²) >= 11 is 0. The van der Waals surface area contributed by atoms with Gasteiger partial charge < -0.3 is 15.5 Å². The molecule has 0 aromatic heterocycles. The lowest BCUT2D eigenvalue weighted by atomic mass is 10.2. The van der Waals surface area contributed by atoms with E-state index in [1.54, 1.807) is 0 Å². The second-order valence-electron chi connectivity index (χ2n) is 2.95. The van der Waals surface area contributed by atoms with E-state index in [0.717, 1.165) is 12.1 Å². The summed E-state index contributed by atoms with van der Waals surface area (Å²) in [7, 11) is 0. The number of aliphatic carboxylic acids is 2. The van der Waals surface area contributed by atoms with Crippen molar-refractivity contribution in [3.8, 4) is 0 Å². The zero-order chi connectivity index (χ0) is 13.0. The monoisotopic (exact) mass is 243 g/mol. The van der Waals surface area contributed by atoms with Crippen LogP contribution in [-0.2, 0) is 9.59 Å². The molecule has 0 spiro atoms. The highest BCUT2D eigenvalue weighted by Gasteiger charge is 2.12. The molecule has 1 aromatic rings. The molecule has 0 aliphatic carbocycles. The van der Waals surface area contributed by atoms with Gasteiger partial charge in [0, 0.05) is 6.07 Å². The Morgan fingerprint density at radius 1 is 1.24 bits per heavy atom. The lowest BCUT2D eigenvalue weighted by Gasteiger charge is -2.07. The first kappa shape index (κ1) is 12.6. The van der Waals surface area contributed by atoms with Crippen molar-refractivity contribution in [3.63, 3.8) is 0 Å². The number of carbonyl (C=O) groups is 2. The Balaban J connectivity index is 3.06. The minimum absolute atomic E-state index is 0.340. The van der Waals surface area contributed by atoms with Crippen molar-refractivity contribution in [2.45, 2.75) is 0 Å². The Bertz CT molecular complexity index is 499. The van der Waals surface area contributed by atoms with Crippen LogP contribution in [-0.4, -0.2) is 22.2 Å². The van der Waals surface area contributed by atoms with E-state index >= 15 is 0 Å². The van der Waals surface area contributed by atoms with Crippen LogP contribution >= 0.6 is 0 Å². The maximum absolute atomic E-state index is 13.1. The molecule has 17 heavy (non-hydrogen) atoms. The average molecular weight is 243 g/mol. The minimum atomic E-state index is -1.60. The number of hydrogen-bond donors (Lipinski definition) is 3. The van der Waals surface area contributed by atoms with Crippen molar-refractivity contribution in [1.82, 2.24) is 0 Å². The van der Waals surface area contributed by atoms with Crippen LogP contribution in [0.15, 0.2) is 30.0 Å². The number of carboxylic acid groups (broad SMARTS) is 2. The van der Waals surface area contributed by atoms with Crippen LogP contribution in [0.25, 0.3) is 0 Å². The largest absolute Gasteiger partial charge is 0.478 e. The fourth-order valence-corrected chi connectivity index (χ4v) is 1.01. The van der Waals surface area contributed by atoms with E-state index in [1.807, 2.05) is 5.32 Å². The second-order valence-corrected chi connectivity index (χ2v) is 2.95. The molecule has 1 aromatic carbocycles. The zero-order valence-electron chi connectivity index (χ0n) is 8.28. The van der Waals surface area contributed by atoms with Gasteiger partial charge in [0.1, 0.15) is 17.3 Å². The fourth-order valence-electron chi connectivity index (χ4n) is 1.01. The summed E-state index contributed by atoms with van der Waals surface area (Å²) in [5.74, 6) is -4.80. The van der Waals surface area contributed by atoms with Gasteiger partial charge in [-0.3, -0.25) is 0 Å². The SMILES string of the molecule is O=C(O)/C=C(/Nc1cc(F)ccc1F)C(=O)O. The molecular formula is C10H7F2NO4. The molecule has 0 aliphatic heterocycles. The van der Waals surface area contributed by atoms with Crippen LogP contribution in [0.5, 0.6) is 0 Å². The van der Waals surface area contributed by atoms with Crippen LogP contribution in [0.1, 0.15) is 0 Å². The average Bonchev–Trinajstić information content (AvgIpc) is 2.21. The molecule has 7 heteroatoms. The number of hydrogen-bond acceptors (Lipinski definition) is 3. The molecule has 0 amide bonds. The fraction of sp³-hybridized carbons (Fsp3) is 0. The highest BCUT2D eigenvalue weighted by Crippen LogP contribution is 2.17. The molecule has 0 heterocycles. The number of anilines is 1. The third-order valence-corrected chi connectivity index (χ3v) is 1.70. The van der Waals surface area contributed by atoms with Gasteiger partial charge in [0.05, 0.1) is 11.8 Å². The highest BCUT2D eigenvalue weighted by molar-refractivity contribution is 5.97. The lowest BCUT2D eigenvalue weighted by molar-refractivity contribution is -0.134. The third kappa shape index (κ3) is 3.56. The first-order chi connectivity index (χ1) is 7.90. The Kier molecular flexibility index (Phi) is 3.76. The van der Waals surface area contributed by atoms with Crippen molar-refractivity contribution in [1.29, 1.82) is 0 Å². The van der Waals surface area contributed by atoms with Crippen LogP contribution < -0.4 is 5.32 Å². The third-order valence-electron chi connectivity index (χ3n) is 1.70. The van der Waals surface area contributed by atoms with E-state index in [1.165, 1.54) is 0 Å². The summed E-state index contributed by atoms with van der Waals surface area (Å²) in [4.78, 5) is 20.9. The molecular weight excluding hydrogens is 236 g/mol. The molecule has 5 nitrogen and oxygen atoms in total. The maximum atomic E-state index is 13.1. The summed E-state index contributed by atoms with van der Waals surface area (Å²) in [5, 5.41) is 19.0. The zero-order valence-corrected chi connectivity index (χ0v) is 8.28. The molecule has 0 atom stereocenters. The Morgan fingerprint density at radius 2 is 1.88 bits per heavy atom. The topological polar surface area (TPSA) is 86.6 Å². The van der Waals surface area contributed by atoms with Crippen LogP contribution in [0, 0.1) is 11.6 Å². The van der Waals surface area contributed by atoms with E-state index in [-0.39, 0.29) is 0 Å². The van der Waals surface area contributed by atoms with E-state index in [0.29, 0.717) is 12.1 Å². The Morgan fingerprint density at radius 3 is 2.41 bits per heavy atom. The standard InChI is InChI=1S/C10H7F2NO4/c11-5-1-2-6(12)7(3-5)13-8(10(16)17)4-9(14)15/h1-4,13H,(H,14,15)(H,16,17)/b8-4+. The summed E-state index contributed by atoms with van der Waals surface area (Å²) in [5.41, 5.74) is -1.23. The number of rotatable bonds is 4. The van der Waals surface area contributed by atoms with Gasteiger partial charge >= 0.3 is 11.9 Å². The summed E-state index contributed by atoms with van der Waals surface area (Å²) in [6, 6.07) is 2.35. The van der Waals surface area contributed by atoms with E-state index in [2.05, 4.69) is 0 Å². The highest BCUT2D eigenvalue weighted by atomic mass is 19.1. The summed E-state index contributed by atoms with van der Waals surface area (Å²) in [6.07, 6.45) is 0.340. The first-order valence-electron chi connectivity index (χ1n) is 4.30. The van der Waals surface area contributed by atoms with Gasteiger partial charge in [0.25, 0.3) is 0 Å². The molecule has 0 radical (unpaired) electrons. The van der Waals surface area contributed by atoms with Crippen LogP contribution in [0.2, 0.25) is 0 Å². The van der Waals surface area contributed by atoms with Crippen LogP contribution in [0.4, 0.5) is 14.5 Å². The number of benzene rings is 1. The van der Waals surface area contributed by atoms with Crippen molar-refractivity contribution in [2.75, 3.05) is 5.32 Å². The van der Waals surface area contributed by atoms with Crippen LogP contribution in [0.3, 0.4) is 0 Å². The first-order valence-corrected chi connectivity index (χ1v) is 4.30. The molecule has 3 N–H and O–H groups in total. The molecule has 0 fully saturated rings. The van der Waals surface area contributed by atoms with Gasteiger partial charge in [-0.1, -0.05) is 0 Å². The Labute approximate surface area is 94.0 Å². The van der Waals surface area contributed by atoms with Gasteiger partial charge in [-0.25, -0.2) is 18.4 Å². The predicted octanol–water partition coefficient (Wildman–Crippen LogP) is 1.43. The van der Waals surface area contributed by atoms with Crippen molar-refractivity contribution in [2.24, 2.45) is 0 Å². The summed E-state index contributed by atoms with van der Waals surface area (Å²) < 4.78 is 25.9. The normalized spacial score (nSPS) is 11.1. The van der Waals surface area contributed by atoms with Gasteiger partial charge in [-0.05, 0) is 12.1 Å². The molecule has 0 unspecified atom stereocenters. The van der Waals surface area contributed by atoms with E-state index in [4.69, 9.17) is 10.2 Å². The maximum Gasteiger partial charge on any atom is 0.352 e. The molecule has 0 bridgehead atoms. The van der Waals surface area contributed by atoms with Crippen molar-refractivity contribution in [3.05, 3.63) is 41.6 Å². The smallest absolute Gasteiger partial charge is 0.352 e. The van der Waals surface area contributed by atoms with Gasteiger partial charge in [0.15, 0.2) is 0 Å². The molecule has 90 valence electrons. The quantitative estimate of drug-likeness (QED) is 0.696. The second kappa shape index (κ2) is 5.06. The molecule has 1 rings (SSSR count). The van der Waals surface area contributed by atoms with Gasteiger partial charge in [-0.2, -0.15) is 0 Å². The predicted molar refractivity (Wildman–Crippen MR) is 53.3 cm³/mol. The van der Waals surface area contributed by atoms with Crippen molar-refractivity contribution < 1.29 is 28.6 Å². The molecule has 0 saturated carbocycles. The summed E-state index contributed by atoms with van der Waals surface area (Å²) in [6.45, 7) is 0. The van der Waals surface area contributed by atoms with Crippen molar-refractivity contribution >= 4 is 17.6 Å². The number of carboxylic acids is 2. The number of nitrogens with one attached hydrogen (secondary N) is 1. The van der Waals surface area contributed by atoms with Gasteiger partial charge in [-0.15, -0.1) is 0 Å².